The molecule has 0 aliphatic rings. The first kappa shape index (κ1) is 19.4. The molecule has 0 aliphatic carbocycles. The van der Waals surface area contributed by atoms with Gasteiger partial charge in [0.2, 0.25) is 5.91 Å². The van der Waals surface area contributed by atoms with E-state index in [2.05, 4.69) is 49.4 Å². The molecule has 7 heteroatoms. The van der Waals surface area contributed by atoms with E-state index in [1.165, 1.54) is 15.6 Å². The van der Waals surface area contributed by atoms with Gasteiger partial charge in [0, 0.05) is 21.4 Å². The molecule has 2 aromatic carbocycles. The highest BCUT2D eigenvalue weighted by Gasteiger charge is 2.08. The van der Waals surface area contributed by atoms with Gasteiger partial charge in [-0.2, -0.15) is 0 Å². The number of nitrogens with one attached hydrogen (secondary N) is 3. The quantitative estimate of drug-likeness (QED) is 0.524. The van der Waals surface area contributed by atoms with Crippen molar-refractivity contribution in [2.45, 2.75) is 13.3 Å². The lowest BCUT2D eigenvalue weighted by molar-refractivity contribution is -0.115. The first-order valence-electron chi connectivity index (χ1n) is 8.56. The van der Waals surface area contributed by atoms with E-state index in [1.54, 1.807) is 11.3 Å². The Bertz CT molecular complexity index is 971. The Morgan fingerprint density at radius 1 is 1.11 bits per heavy atom. The van der Waals surface area contributed by atoms with Crippen LogP contribution in [0.15, 0.2) is 52.3 Å². The predicted octanol–water partition coefficient (Wildman–Crippen LogP) is 4.45. The third-order valence-corrected chi connectivity index (χ3v) is 5.62. The molecule has 140 valence electrons. The van der Waals surface area contributed by atoms with E-state index >= 15 is 0 Å². The van der Waals surface area contributed by atoms with Crippen LogP contribution in [-0.2, 0) is 11.2 Å². The highest BCUT2D eigenvalue weighted by atomic mass is 79.9. The zero-order valence-electron chi connectivity index (χ0n) is 14.8. The van der Waals surface area contributed by atoms with E-state index in [0.717, 1.165) is 22.1 Å². The number of carbonyl (C=O) groups is 2. The summed E-state index contributed by atoms with van der Waals surface area (Å²) in [5, 5.41) is 11.5. The number of rotatable bonds is 6. The summed E-state index contributed by atoms with van der Waals surface area (Å²) < 4.78 is 2.20. The summed E-state index contributed by atoms with van der Waals surface area (Å²) in [6.45, 7) is 2.34. The number of thiophene rings is 1. The zero-order valence-corrected chi connectivity index (χ0v) is 17.2. The maximum atomic E-state index is 12.0. The Hall–Kier alpha value is -2.38. The normalized spacial score (nSPS) is 10.6. The number of aryl methyl sites for hydroxylation is 1. The van der Waals surface area contributed by atoms with Gasteiger partial charge in [0.1, 0.15) is 0 Å². The van der Waals surface area contributed by atoms with E-state index in [0.29, 0.717) is 6.54 Å². The first-order valence-corrected chi connectivity index (χ1v) is 10.2. The molecule has 0 saturated heterocycles. The highest BCUT2D eigenvalue weighted by molar-refractivity contribution is 9.10. The number of fused-ring (bicyclic) bond motifs is 1. The third-order valence-electron chi connectivity index (χ3n) is 4.11. The third kappa shape index (κ3) is 5.30. The van der Waals surface area contributed by atoms with Crippen molar-refractivity contribution >= 4 is 55.0 Å². The number of halogens is 1. The fourth-order valence-corrected chi connectivity index (χ4v) is 4.19. The van der Waals surface area contributed by atoms with Crippen LogP contribution < -0.4 is 16.0 Å². The summed E-state index contributed by atoms with van der Waals surface area (Å²) in [4.78, 5) is 23.9. The Balaban J connectivity index is 1.41. The minimum absolute atomic E-state index is 0.0806. The van der Waals surface area contributed by atoms with Gasteiger partial charge >= 0.3 is 6.03 Å². The lowest BCUT2D eigenvalue weighted by Crippen LogP contribution is -2.40. The van der Waals surface area contributed by atoms with Crippen LogP contribution in [0.2, 0.25) is 0 Å². The fraction of sp³-hybridized carbons (Fsp3) is 0.200. The van der Waals surface area contributed by atoms with Gasteiger partial charge in [-0.05, 0) is 59.5 Å². The second-order valence-electron chi connectivity index (χ2n) is 6.12. The molecule has 0 unspecified atom stereocenters. The van der Waals surface area contributed by atoms with Crippen molar-refractivity contribution in [2.24, 2.45) is 0 Å². The summed E-state index contributed by atoms with van der Waals surface area (Å²) in [6.07, 6.45) is 0.752. The fourth-order valence-electron chi connectivity index (χ4n) is 2.72. The molecular weight excluding hydrogens is 426 g/mol. The van der Waals surface area contributed by atoms with Gasteiger partial charge in [-0.15, -0.1) is 11.3 Å². The van der Waals surface area contributed by atoms with Crippen LogP contribution in [0.5, 0.6) is 0 Å². The second-order valence-corrected chi connectivity index (χ2v) is 7.95. The Morgan fingerprint density at radius 3 is 2.74 bits per heavy atom. The number of urea groups is 1. The van der Waals surface area contributed by atoms with Crippen molar-refractivity contribution in [3.8, 4) is 0 Å². The van der Waals surface area contributed by atoms with Crippen LogP contribution in [0.3, 0.4) is 0 Å². The van der Waals surface area contributed by atoms with Gasteiger partial charge in [0.05, 0.1) is 6.54 Å². The van der Waals surface area contributed by atoms with E-state index in [9.17, 15) is 9.59 Å². The molecule has 0 spiro atoms. The average molecular weight is 446 g/mol. The van der Waals surface area contributed by atoms with Crippen molar-refractivity contribution in [3.63, 3.8) is 0 Å². The van der Waals surface area contributed by atoms with Crippen molar-refractivity contribution in [3.05, 3.63) is 63.4 Å². The molecule has 0 saturated carbocycles. The zero-order chi connectivity index (χ0) is 19.2. The molecule has 3 amide bonds. The van der Waals surface area contributed by atoms with Crippen molar-refractivity contribution in [1.29, 1.82) is 0 Å². The number of carbonyl (C=O) groups excluding carboxylic acids is 2. The van der Waals surface area contributed by atoms with E-state index < -0.39 is 0 Å². The van der Waals surface area contributed by atoms with Crippen LogP contribution in [0, 0.1) is 6.92 Å². The first-order chi connectivity index (χ1) is 13.0. The Labute approximate surface area is 170 Å². The minimum Gasteiger partial charge on any atom is -0.338 e. The molecule has 0 atom stereocenters. The van der Waals surface area contributed by atoms with Crippen molar-refractivity contribution in [2.75, 3.05) is 18.4 Å². The Morgan fingerprint density at radius 2 is 1.93 bits per heavy atom. The topological polar surface area (TPSA) is 70.2 Å². The van der Waals surface area contributed by atoms with E-state index in [4.69, 9.17) is 0 Å². The van der Waals surface area contributed by atoms with Crippen molar-refractivity contribution in [1.82, 2.24) is 10.6 Å². The predicted molar refractivity (Wildman–Crippen MR) is 114 cm³/mol. The maximum absolute atomic E-state index is 12.0. The summed E-state index contributed by atoms with van der Waals surface area (Å²) in [6, 6.07) is 13.5. The molecule has 0 aliphatic heterocycles. The van der Waals surface area contributed by atoms with Crippen LogP contribution in [0.25, 0.3) is 10.1 Å². The van der Waals surface area contributed by atoms with Crippen LogP contribution in [0.1, 0.15) is 11.1 Å². The number of hydrogen-bond acceptors (Lipinski definition) is 3. The molecule has 1 heterocycles. The highest BCUT2D eigenvalue weighted by Crippen LogP contribution is 2.25. The smallest absolute Gasteiger partial charge is 0.315 e. The van der Waals surface area contributed by atoms with E-state index in [-0.39, 0.29) is 18.5 Å². The van der Waals surface area contributed by atoms with Crippen LogP contribution in [-0.4, -0.2) is 25.0 Å². The SMILES string of the molecule is Cc1cc(Br)ccc1NC(=O)CNC(=O)NCCc1csc2ccccc12. The second kappa shape index (κ2) is 9.01. The summed E-state index contributed by atoms with van der Waals surface area (Å²) in [5.74, 6) is -0.264. The van der Waals surface area contributed by atoms with Gasteiger partial charge in [-0.1, -0.05) is 34.1 Å². The van der Waals surface area contributed by atoms with Gasteiger partial charge in [0.25, 0.3) is 0 Å². The molecule has 1 aromatic heterocycles. The van der Waals surface area contributed by atoms with E-state index in [1.807, 2.05) is 37.3 Å². The molecular formula is C20H20BrN3O2S. The monoisotopic (exact) mass is 445 g/mol. The summed E-state index contributed by atoms with van der Waals surface area (Å²) >= 11 is 5.09. The molecule has 3 rings (SSSR count). The van der Waals surface area contributed by atoms with Crippen LogP contribution in [0.4, 0.5) is 10.5 Å². The molecule has 3 N–H and O–H groups in total. The number of benzene rings is 2. The number of hydrogen-bond donors (Lipinski definition) is 3. The van der Waals surface area contributed by atoms with Crippen LogP contribution >= 0.6 is 27.3 Å². The lowest BCUT2D eigenvalue weighted by atomic mass is 10.1. The Kier molecular flexibility index (Phi) is 6.47. The maximum Gasteiger partial charge on any atom is 0.315 e. The number of amides is 3. The molecule has 0 fully saturated rings. The molecule has 5 nitrogen and oxygen atoms in total. The minimum atomic E-state index is -0.350. The molecule has 0 bridgehead atoms. The molecule has 0 radical (unpaired) electrons. The van der Waals surface area contributed by atoms with Gasteiger partial charge in [0.15, 0.2) is 0 Å². The standard InChI is InChI=1S/C20H20BrN3O2S/c1-13-10-15(21)6-7-17(13)24-19(25)11-23-20(26)22-9-8-14-12-27-18-5-3-2-4-16(14)18/h2-7,10,12H,8-9,11H2,1H3,(H,24,25)(H2,22,23,26). The average Bonchev–Trinajstić information content (AvgIpc) is 3.06. The number of anilines is 1. The molecule has 3 aromatic rings. The largest absolute Gasteiger partial charge is 0.338 e. The summed E-state index contributed by atoms with van der Waals surface area (Å²) in [7, 11) is 0. The van der Waals surface area contributed by atoms with Gasteiger partial charge in [-0.3, -0.25) is 4.79 Å². The molecule has 27 heavy (non-hydrogen) atoms. The van der Waals surface area contributed by atoms with Gasteiger partial charge < -0.3 is 16.0 Å². The lowest BCUT2D eigenvalue weighted by Gasteiger charge is -2.10. The summed E-state index contributed by atoms with van der Waals surface area (Å²) in [5.41, 5.74) is 2.90. The van der Waals surface area contributed by atoms with Gasteiger partial charge in [-0.25, -0.2) is 4.79 Å². The van der Waals surface area contributed by atoms with Crippen molar-refractivity contribution < 1.29 is 9.59 Å².